The molecular formula is C19H14Cl3N3O. The van der Waals surface area contributed by atoms with E-state index in [2.05, 4.69) is 16.8 Å². The first-order chi connectivity index (χ1) is 12.5. The predicted molar refractivity (Wildman–Crippen MR) is 109 cm³/mol. The number of para-hydroxylation sites is 1. The lowest BCUT2D eigenvalue weighted by Crippen LogP contribution is -2.30. The van der Waals surface area contributed by atoms with Crippen LogP contribution in [0.15, 0.2) is 59.3 Å². The molecule has 0 saturated carbocycles. The first-order valence-electron chi connectivity index (χ1n) is 7.74. The molecule has 1 heterocycles. The van der Waals surface area contributed by atoms with Crippen LogP contribution in [0.5, 0.6) is 0 Å². The van der Waals surface area contributed by atoms with Crippen molar-refractivity contribution in [3.8, 4) is 0 Å². The lowest BCUT2D eigenvalue weighted by atomic mass is 10.1. The molecule has 0 spiro atoms. The number of benzene rings is 2. The standard InChI is InChI=1S/C19H14Cl3N3O/c1-3-10-25-15-7-5-4-6-13(15)18(19(25)26)24-23-11(2)12-8-9-14(20)17(22)16(12)21/h3-9H,1,10H2,2H3/b23-11-,24-18-. The van der Waals surface area contributed by atoms with Gasteiger partial charge < -0.3 is 4.90 Å². The van der Waals surface area contributed by atoms with E-state index in [9.17, 15) is 4.79 Å². The van der Waals surface area contributed by atoms with Crippen molar-refractivity contribution in [1.29, 1.82) is 0 Å². The molecule has 0 aliphatic carbocycles. The van der Waals surface area contributed by atoms with Crippen molar-refractivity contribution in [3.05, 3.63) is 75.2 Å². The average Bonchev–Trinajstić information content (AvgIpc) is 2.90. The van der Waals surface area contributed by atoms with E-state index in [4.69, 9.17) is 34.8 Å². The molecule has 2 aromatic rings. The minimum Gasteiger partial charge on any atom is -0.302 e. The lowest BCUT2D eigenvalue weighted by Gasteiger charge is -2.13. The number of hydrogen-bond donors (Lipinski definition) is 0. The van der Waals surface area contributed by atoms with E-state index in [1.54, 1.807) is 30.0 Å². The zero-order valence-electron chi connectivity index (χ0n) is 13.8. The molecule has 0 atom stereocenters. The van der Waals surface area contributed by atoms with E-state index < -0.39 is 0 Å². The second-order valence-electron chi connectivity index (χ2n) is 5.58. The molecule has 0 fully saturated rings. The van der Waals surface area contributed by atoms with Gasteiger partial charge in [0.1, 0.15) is 0 Å². The highest BCUT2D eigenvalue weighted by Gasteiger charge is 2.33. The largest absolute Gasteiger partial charge is 0.302 e. The van der Waals surface area contributed by atoms with E-state index in [1.807, 2.05) is 24.3 Å². The molecule has 0 aromatic heterocycles. The minimum absolute atomic E-state index is 0.220. The van der Waals surface area contributed by atoms with Gasteiger partial charge >= 0.3 is 0 Å². The Bertz CT molecular complexity index is 966. The monoisotopic (exact) mass is 405 g/mol. The highest BCUT2D eigenvalue weighted by molar-refractivity contribution is 6.54. The van der Waals surface area contributed by atoms with E-state index in [1.165, 1.54) is 0 Å². The van der Waals surface area contributed by atoms with Crippen molar-refractivity contribution in [2.24, 2.45) is 10.2 Å². The number of carbonyl (C=O) groups excluding carboxylic acids is 1. The van der Waals surface area contributed by atoms with Gasteiger partial charge in [-0.3, -0.25) is 4.79 Å². The Labute approximate surface area is 166 Å². The second kappa shape index (κ2) is 7.62. The van der Waals surface area contributed by atoms with E-state index in [-0.39, 0.29) is 16.6 Å². The molecule has 0 bridgehead atoms. The SMILES string of the molecule is C=CCN1C(=O)/C(=N\N=C(\C)c2ccc(Cl)c(Cl)c2Cl)c2ccccc21. The molecule has 1 amide bonds. The third-order valence-electron chi connectivity index (χ3n) is 3.93. The van der Waals surface area contributed by atoms with Crippen molar-refractivity contribution in [2.45, 2.75) is 6.92 Å². The van der Waals surface area contributed by atoms with Gasteiger partial charge in [0.05, 0.1) is 26.5 Å². The number of rotatable bonds is 4. The van der Waals surface area contributed by atoms with Crippen LogP contribution in [-0.2, 0) is 4.79 Å². The molecule has 1 aliphatic rings. The maximum absolute atomic E-state index is 12.7. The number of carbonyl (C=O) groups is 1. The predicted octanol–water partition coefficient (Wildman–Crippen LogP) is 5.39. The highest BCUT2D eigenvalue weighted by Crippen LogP contribution is 2.33. The molecule has 0 radical (unpaired) electrons. The molecule has 0 unspecified atom stereocenters. The fraction of sp³-hybridized carbons (Fsp3) is 0.105. The molecule has 132 valence electrons. The molecule has 26 heavy (non-hydrogen) atoms. The van der Waals surface area contributed by atoms with E-state index in [0.29, 0.717) is 27.9 Å². The topological polar surface area (TPSA) is 45.0 Å². The summed E-state index contributed by atoms with van der Waals surface area (Å²) >= 11 is 18.3. The summed E-state index contributed by atoms with van der Waals surface area (Å²) in [5.74, 6) is -0.220. The van der Waals surface area contributed by atoms with Crippen LogP contribution < -0.4 is 4.90 Å². The summed E-state index contributed by atoms with van der Waals surface area (Å²) in [5, 5.41) is 9.30. The number of nitrogens with zero attached hydrogens (tertiary/aromatic N) is 3. The van der Waals surface area contributed by atoms with Crippen LogP contribution >= 0.6 is 34.8 Å². The van der Waals surface area contributed by atoms with Gasteiger partial charge in [0.2, 0.25) is 0 Å². The maximum atomic E-state index is 12.7. The van der Waals surface area contributed by atoms with Gasteiger partial charge in [-0.1, -0.05) is 65.1 Å². The van der Waals surface area contributed by atoms with Gasteiger partial charge in [-0.25, -0.2) is 0 Å². The molecule has 1 aliphatic heterocycles. The quantitative estimate of drug-likeness (QED) is 0.290. The van der Waals surface area contributed by atoms with Crippen molar-refractivity contribution in [2.75, 3.05) is 11.4 Å². The third kappa shape index (κ3) is 3.28. The van der Waals surface area contributed by atoms with Crippen LogP contribution in [0.3, 0.4) is 0 Å². The Balaban J connectivity index is 2.02. The van der Waals surface area contributed by atoms with Gasteiger partial charge in [0.25, 0.3) is 5.91 Å². The minimum atomic E-state index is -0.220. The first kappa shape index (κ1) is 18.6. The van der Waals surface area contributed by atoms with Crippen LogP contribution in [0.25, 0.3) is 0 Å². The van der Waals surface area contributed by atoms with Gasteiger partial charge in [0.15, 0.2) is 5.71 Å². The van der Waals surface area contributed by atoms with Crippen molar-refractivity contribution in [3.63, 3.8) is 0 Å². The summed E-state index contributed by atoms with van der Waals surface area (Å²) in [6.45, 7) is 5.83. The second-order valence-corrected chi connectivity index (χ2v) is 6.74. The number of halogens is 3. The molecule has 7 heteroatoms. The molecule has 0 N–H and O–H groups in total. The maximum Gasteiger partial charge on any atom is 0.279 e. The fourth-order valence-corrected chi connectivity index (χ4v) is 3.33. The van der Waals surface area contributed by atoms with E-state index in [0.717, 1.165) is 11.3 Å². The molecule has 2 aromatic carbocycles. The summed E-state index contributed by atoms with van der Waals surface area (Å²) in [6, 6.07) is 10.8. The summed E-state index contributed by atoms with van der Waals surface area (Å²) in [7, 11) is 0. The van der Waals surface area contributed by atoms with Gasteiger partial charge in [-0.05, 0) is 19.1 Å². The smallest absolute Gasteiger partial charge is 0.279 e. The van der Waals surface area contributed by atoms with E-state index >= 15 is 0 Å². The Hall–Kier alpha value is -2.14. The molecule has 4 nitrogen and oxygen atoms in total. The summed E-state index contributed by atoms with van der Waals surface area (Å²) in [6.07, 6.45) is 1.67. The number of fused-ring (bicyclic) bond motifs is 1. The molecule has 0 saturated heterocycles. The number of anilines is 1. The summed E-state index contributed by atoms with van der Waals surface area (Å²) < 4.78 is 0. The van der Waals surface area contributed by atoms with Crippen LogP contribution in [0, 0.1) is 0 Å². The van der Waals surface area contributed by atoms with Gasteiger partial charge in [-0.15, -0.1) is 11.7 Å². The fourth-order valence-electron chi connectivity index (χ4n) is 2.65. The zero-order valence-corrected chi connectivity index (χ0v) is 16.1. The van der Waals surface area contributed by atoms with Crippen molar-refractivity contribution >= 4 is 57.8 Å². The zero-order chi connectivity index (χ0) is 18.8. The Kier molecular flexibility index (Phi) is 5.47. The highest BCUT2D eigenvalue weighted by atomic mass is 35.5. The average molecular weight is 407 g/mol. The number of hydrogen-bond acceptors (Lipinski definition) is 3. The van der Waals surface area contributed by atoms with Crippen molar-refractivity contribution < 1.29 is 4.79 Å². The van der Waals surface area contributed by atoms with Gasteiger partial charge in [0, 0.05) is 17.7 Å². The van der Waals surface area contributed by atoms with Crippen LogP contribution in [0.1, 0.15) is 18.1 Å². The summed E-state index contributed by atoms with van der Waals surface area (Å²) in [5.41, 5.74) is 2.92. The van der Waals surface area contributed by atoms with Gasteiger partial charge in [-0.2, -0.15) is 5.10 Å². The normalized spacial score (nSPS) is 15.5. The van der Waals surface area contributed by atoms with Crippen molar-refractivity contribution in [1.82, 2.24) is 0 Å². The van der Waals surface area contributed by atoms with Crippen LogP contribution in [0.4, 0.5) is 5.69 Å². The van der Waals surface area contributed by atoms with Crippen LogP contribution in [-0.4, -0.2) is 23.9 Å². The first-order valence-corrected chi connectivity index (χ1v) is 8.87. The summed E-state index contributed by atoms with van der Waals surface area (Å²) in [4.78, 5) is 14.3. The lowest BCUT2D eigenvalue weighted by molar-refractivity contribution is -0.112. The molecular weight excluding hydrogens is 393 g/mol. The number of amides is 1. The molecule has 3 rings (SSSR count). The third-order valence-corrected chi connectivity index (χ3v) is 5.23. The van der Waals surface area contributed by atoms with Crippen LogP contribution in [0.2, 0.25) is 15.1 Å². The Morgan fingerprint density at radius 2 is 1.88 bits per heavy atom. The Morgan fingerprint density at radius 3 is 2.62 bits per heavy atom. The Morgan fingerprint density at radius 1 is 1.15 bits per heavy atom.